The van der Waals surface area contributed by atoms with Crippen LogP contribution in [0, 0.1) is 5.92 Å². The van der Waals surface area contributed by atoms with Crippen LogP contribution < -0.4 is 14.4 Å². The number of amides is 1. The molecule has 6 nitrogen and oxygen atoms in total. The second kappa shape index (κ2) is 6.56. The number of benzene rings is 1. The molecule has 1 aliphatic rings. The average molecular weight is 326 g/mol. The summed E-state index contributed by atoms with van der Waals surface area (Å²) in [6.45, 7) is 4.80. The van der Waals surface area contributed by atoms with E-state index in [1.165, 1.54) is 4.31 Å². The van der Waals surface area contributed by atoms with Gasteiger partial charge in [-0.05, 0) is 18.1 Å². The lowest BCUT2D eigenvalue weighted by Gasteiger charge is -2.20. The van der Waals surface area contributed by atoms with Crippen molar-refractivity contribution in [2.45, 2.75) is 26.4 Å². The van der Waals surface area contributed by atoms with E-state index in [4.69, 9.17) is 4.74 Å². The number of nitrogens with zero attached hydrogens (tertiary/aromatic N) is 1. The molecule has 1 N–H and O–H groups in total. The van der Waals surface area contributed by atoms with Crippen LogP contribution in [0.5, 0.6) is 5.75 Å². The monoisotopic (exact) mass is 326 g/mol. The Morgan fingerprint density at radius 3 is 2.73 bits per heavy atom. The van der Waals surface area contributed by atoms with Crippen molar-refractivity contribution in [1.29, 1.82) is 0 Å². The molecule has 1 atom stereocenters. The molecule has 0 radical (unpaired) electrons. The molecule has 0 spiro atoms. The van der Waals surface area contributed by atoms with Crippen LogP contribution in [-0.4, -0.2) is 39.8 Å². The lowest BCUT2D eigenvalue weighted by molar-refractivity contribution is -0.128. The summed E-state index contributed by atoms with van der Waals surface area (Å²) >= 11 is 0. The van der Waals surface area contributed by atoms with Gasteiger partial charge < -0.3 is 10.1 Å². The summed E-state index contributed by atoms with van der Waals surface area (Å²) in [7, 11) is -3.42. The van der Waals surface area contributed by atoms with E-state index in [1.54, 1.807) is 24.3 Å². The molecular formula is C15H22N2O4S. The number of carbonyl (C=O) groups is 1. The van der Waals surface area contributed by atoms with E-state index in [0.717, 1.165) is 6.26 Å². The molecule has 0 bridgehead atoms. The molecule has 0 aliphatic carbocycles. The van der Waals surface area contributed by atoms with Crippen molar-refractivity contribution in [3.8, 4) is 5.75 Å². The van der Waals surface area contributed by atoms with Crippen molar-refractivity contribution in [3.63, 3.8) is 0 Å². The summed E-state index contributed by atoms with van der Waals surface area (Å²) in [6.07, 6.45) is 0.779. The predicted molar refractivity (Wildman–Crippen MR) is 85.5 cm³/mol. The second-order valence-electron chi connectivity index (χ2n) is 5.84. The van der Waals surface area contributed by atoms with Crippen LogP contribution >= 0.6 is 0 Å². The number of nitrogens with one attached hydrogen (secondary N) is 1. The van der Waals surface area contributed by atoms with Crippen molar-refractivity contribution in [2.24, 2.45) is 5.92 Å². The van der Waals surface area contributed by atoms with Gasteiger partial charge in [-0.3, -0.25) is 9.10 Å². The highest BCUT2D eigenvalue weighted by molar-refractivity contribution is 7.92. The topological polar surface area (TPSA) is 75.7 Å². The zero-order valence-electron chi connectivity index (χ0n) is 13.1. The highest BCUT2D eigenvalue weighted by atomic mass is 32.2. The Morgan fingerprint density at radius 2 is 2.09 bits per heavy atom. The third kappa shape index (κ3) is 3.91. The van der Waals surface area contributed by atoms with Gasteiger partial charge in [0.2, 0.25) is 10.0 Å². The average Bonchev–Trinajstić information content (AvgIpc) is 2.63. The van der Waals surface area contributed by atoms with Crippen molar-refractivity contribution < 1.29 is 17.9 Å². The maximum absolute atomic E-state index is 12.2. The molecule has 0 aromatic heterocycles. The van der Waals surface area contributed by atoms with Crippen LogP contribution in [0.2, 0.25) is 0 Å². The quantitative estimate of drug-likeness (QED) is 0.907. The molecule has 1 aromatic carbocycles. The van der Waals surface area contributed by atoms with Crippen molar-refractivity contribution in [2.75, 3.05) is 23.7 Å². The van der Waals surface area contributed by atoms with Gasteiger partial charge in [0.25, 0.3) is 5.91 Å². The van der Waals surface area contributed by atoms with E-state index in [0.29, 0.717) is 30.3 Å². The van der Waals surface area contributed by atoms with Gasteiger partial charge in [-0.15, -0.1) is 0 Å². The van der Waals surface area contributed by atoms with Gasteiger partial charge in [0.15, 0.2) is 6.10 Å². The van der Waals surface area contributed by atoms with Gasteiger partial charge in [0.05, 0.1) is 11.9 Å². The molecule has 1 heterocycles. The standard InChI is InChI=1S/C15H22N2O4S/c1-11(2)10-16-15(18)14-8-9-17(22(3,19)20)12-6-4-5-7-13(12)21-14/h4-7,11,14H,8-10H2,1-3H3,(H,16,18)/t14-/m0/s1. The zero-order valence-corrected chi connectivity index (χ0v) is 13.9. The third-order valence-electron chi connectivity index (χ3n) is 3.37. The lowest BCUT2D eigenvalue weighted by Crippen LogP contribution is -2.41. The summed E-state index contributed by atoms with van der Waals surface area (Å²) < 4.78 is 31.0. The minimum atomic E-state index is -3.42. The van der Waals surface area contributed by atoms with Crippen LogP contribution in [-0.2, 0) is 14.8 Å². The van der Waals surface area contributed by atoms with Crippen molar-refractivity contribution >= 4 is 21.6 Å². The van der Waals surface area contributed by atoms with Crippen LogP contribution in [0.1, 0.15) is 20.3 Å². The number of ether oxygens (including phenoxy) is 1. The maximum Gasteiger partial charge on any atom is 0.261 e. The lowest BCUT2D eigenvalue weighted by atomic mass is 10.2. The Labute approximate surface area is 131 Å². The minimum absolute atomic E-state index is 0.209. The van der Waals surface area contributed by atoms with Gasteiger partial charge in [0.1, 0.15) is 5.75 Å². The molecule has 2 rings (SSSR count). The molecule has 0 fully saturated rings. The highest BCUT2D eigenvalue weighted by Crippen LogP contribution is 2.33. The summed E-state index contributed by atoms with van der Waals surface area (Å²) in [5, 5.41) is 2.83. The molecule has 0 unspecified atom stereocenters. The number of carbonyl (C=O) groups excluding carboxylic acids is 1. The Morgan fingerprint density at radius 1 is 1.41 bits per heavy atom. The normalized spacial score (nSPS) is 18.4. The largest absolute Gasteiger partial charge is 0.478 e. The molecule has 122 valence electrons. The first-order chi connectivity index (χ1) is 10.3. The molecule has 0 saturated heterocycles. The first-order valence-corrected chi connectivity index (χ1v) is 9.15. The fourth-order valence-corrected chi connectivity index (χ4v) is 3.22. The molecule has 1 aliphatic heterocycles. The minimum Gasteiger partial charge on any atom is -0.478 e. The third-order valence-corrected chi connectivity index (χ3v) is 4.55. The molecule has 0 saturated carbocycles. The Balaban J connectivity index is 2.24. The molecular weight excluding hydrogens is 304 g/mol. The van der Waals surface area contributed by atoms with Crippen molar-refractivity contribution in [3.05, 3.63) is 24.3 Å². The van der Waals surface area contributed by atoms with Gasteiger partial charge in [0, 0.05) is 19.5 Å². The van der Waals surface area contributed by atoms with Gasteiger partial charge >= 0.3 is 0 Å². The fraction of sp³-hybridized carbons (Fsp3) is 0.533. The molecule has 1 amide bonds. The number of hydrogen-bond donors (Lipinski definition) is 1. The van der Waals surface area contributed by atoms with Crippen LogP contribution in [0.4, 0.5) is 5.69 Å². The van der Waals surface area contributed by atoms with Crippen LogP contribution in [0.15, 0.2) is 24.3 Å². The number of anilines is 1. The number of rotatable bonds is 4. The summed E-state index contributed by atoms with van der Waals surface area (Å²) in [5.74, 6) is 0.545. The summed E-state index contributed by atoms with van der Waals surface area (Å²) in [4.78, 5) is 12.2. The predicted octanol–water partition coefficient (Wildman–Crippen LogP) is 1.38. The molecule has 7 heteroatoms. The smallest absolute Gasteiger partial charge is 0.261 e. The molecule has 1 aromatic rings. The van der Waals surface area contributed by atoms with E-state index < -0.39 is 16.1 Å². The fourth-order valence-electron chi connectivity index (χ4n) is 2.28. The van der Waals surface area contributed by atoms with E-state index in [1.807, 2.05) is 13.8 Å². The molecule has 22 heavy (non-hydrogen) atoms. The van der Waals surface area contributed by atoms with Gasteiger partial charge in [-0.1, -0.05) is 26.0 Å². The number of fused-ring (bicyclic) bond motifs is 1. The van der Waals surface area contributed by atoms with E-state index in [-0.39, 0.29) is 12.5 Å². The van der Waals surface area contributed by atoms with Crippen LogP contribution in [0.3, 0.4) is 0 Å². The van der Waals surface area contributed by atoms with E-state index >= 15 is 0 Å². The number of hydrogen-bond acceptors (Lipinski definition) is 4. The van der Waals surface area contributed by atoms with Crippen molar-refractivity contribution in [1.82, 2.24) is 5.32 Å². The first kappa shape index (κ1) is 16.6. The first-order valence-electron chi connectivity index (χ1n) is 7.30. The maximum atomic E-state index is 12.2. The summed E-state index contributed by atoms with van der Waals surface area (Å²) in [5.41, 5.74) is 0.476. The highest BCUT2D eigenvalue weighted by Gasteiger charge is 2.30. The Bertz CT molecular complexity index is 643. The zero-order chi connectivity index (χ0) is 16.3. The number of sulfonamides is 1. The Hall–Kier alpha value is -1.76. The van der Waals surface area contributed by atoms with Gasteiger partial charge in [-0.2, -0.15) is 0 Å². The second-order valence-corrected chi connectivity index (χ2v) is 7.74. The van der Waals surface area contributed by atoms with Crippen LogP contribution in [0.25, 0.3) is 0 Å². The van der Waals surface area contributed by atoms with E-state index in [9.17, 15) is 13.2 Å². The SMILES string of the molecule is CC(C)CNC(=O)[C@@H]1CCN(S(C)(=O)=O)c2ccccc2O1. The summed E-state index contributed by atoms with van der Waals surface area (Å²) in [6, 6.07) is 6.87. The Kier molecular flexibility index (Phi) is 4.95. The van der Waals surface area contributed by atoms with E-state index in [2.05, 4.69) is 5.32 Å². The number of para-hydroxylation sites is 2. The van der Waals surface area contributed by atoms with Gasteiger partial charge in [-0.25, -0.2) is 8.42 Å².